The minimum Gasteiger partial charge on any atom is -0.360 e. The summed E-state index contributed by atoms with van der Waals surface area (Å²) in [6, 6.07) is 11.7. The van der Waals surface area contributed by atoms with E-state index in [2.05, 4.69) is 20.3 Å². The monoisotopic (exact) mass is 399 g/mol. The van der Waals surface area contributed by atoms with Gasteiger partial charge in [0.2, 0.25) is 11.8 Å². The highest BCUT2D eigenvalue weighted by Crippen LogP contribution is 2.09. The maximum atomic E-state index is 12.7. The van der Waals surface area contributed by atoms with Gasteiger partial charge in [-0.05, 0) is 19.4 Å². The average molecular weight is 399 g/mol. The van der Waals surface area contributed by atoms with E-state index in [1.165, 1.54) is 0 Å². The van der Waals surface area contributed by atoms with Gasteiger partial charge >= 0.3 is 0 Å². The summed E-state index contributed by atoms with van der Waals surface area (Å²) in [6.07, 6.45) is 0. The van der Waals surface area contributed by atoms with Gasteiger partial charge in [0.05, 0.1) is 13.1 Å². The number of nitrogens with one attached hydrogen (secondary N) is 1. The molecule has 1 aliphatic heterocycles. The number of nitrogens with zero attached hydrogens (tertiary/aromatic N) is 4. The third kappa shape index (κ3) is 6.40. The molecule has 2 aromatic rings. The van der Waals surface area contributed by atoms with Crippen LogP contribution in [0.1, 0.15) is 18.2 Å². The standard InChI is InChI=1S/C21H29N5O3/c1-3-26(14-18-7-5-4-6-8-18)21(28)16-25-11-9-24(10-12-25)15-20(27)22-19-13-17(2)29-23-19/h4-8,13H,3,9-12,14-16H2,1-2H3,(H,22,23,27). The number of aromatic nitrogens is 1. The fourth-order valence-corrected chi connectivity index (χ4v) is 3.39. The van der Waals surface area contributed by atoms with Crippen LogP contribution < -0.4 is 5.32 Å². The zero-order chi connectivity index (χ0) is 20.6. The lowest BCUT2D eigenvalue weighted by Gasteiger charge is -2.34. The Morgan fingerprint density at radius 2 is 1.76 bits per heavy atom. The van der Waals surface area contributed by atoms with Crippen molar-refractivity contribution in [3.8, 4) is 0 Å². The number of rotatable bonds is 8. The van der Waals surface area contributed by atoms with E-state index in [1.807, 2.05) is 42.2 Å². The summed E-state index contributed by atoms with van der Waals surface area (Å²) in [5, 5.41) is 6.51. The van der Waals surface area contributed by atoms with E-state index in [9.17, 15) is 9.59 Å². The predicted molar refractivity (Wildman–Crippen MR) is 110 cm³/mol. The third-order valence-corrected chi connectivity index (χ3v) is 5.04. The fourth-order valence-electron chi connectivity index (χ4n) is 3.39. The second kappa shape index (κ2) is 10.2. The molecule has 29 heavy (non-hydrogen) atoms. The molecule has 0 unspecified atom stereocenters. The number of piperazine rings is 1. The fraction of sp³-hybridized carbons (Fsp3) is 0.476. The molecule has 1 aromatic heterocycles. The van der Waals surface area contributed by atoms with E-state index in [0.29, 0.717) is 37.8 Å². The largest absolute Gasteiger partial charge is 0.360 e. The smallest absolute Gasteiger partial charge is 0.239 e. The first kappa shape index (κ1) is 21.0. The maximum Gasteiger partial charge on any atom is 0.239 e. The van der Waals surface area contributed by atoms with Crippen LogP contribution in [0, 0.1) is 6.92 Å². The number of anilines is 1. The van der Waals surface area contributed by atoms with Crippen LogP contribution in [0.4, 0.5) is 5.82 Å². The molecular weight excluding hydrogens is 370 g/mol. The molecule has 1 aromatic carbocycles. The van der Waals surface area contributed by atoms with Crippen molar-refractivity contribution in [1.29, 1.82) is 0 Å². The summed E-state index contributed by atoms with van der Waals surface area (Å²) in [7, 11) is 0. The van der Waals surface area contributed by atoms with Crippen molar-refractivity contribution in [2.75, 3.05) is 51.1 Å². The Balaban J connectivity index is 1.40. The van der Waals surface area contributed by atoms with Crippen molar-refractivity contribution in [3.63, 3.8) is 0 Å². The summed E-state index contributed by atoms with van der Waals surface area (Å²) < 4.78 is 4.95. The number of hydrogen-bond donors (Lipinski definition) is 1. The van der Waals surface area contributed by atoms with Gasteiger partial charge in [-0.3, -0.25) is 19.4 Å². The van der Waals surface area contributed by atoms with Crippen LogP contribution in [0.3, 0.4) is 0 Å². The number of carbonyl (C=O) groups excluding carboxylic acids is 2. The van der Waals surface area contributed by atoms with E-state index in [-0.39, 0.29) is 11.8 Å². The first-order chi connectivity index (χ1) is 14.0. The van der Waals surface area contributed by atoms with Crippen LogP contribution in [0.5, 0.6) is 0 Å². The molecule has 8 heteroatoms. The second-order valence-corrected chi connectivity index (χ2v) is 7.32. The molecule has 0 saturated carbocycles. The first-order valence-corrected chi connectivity index (χ1v) is 10.0. The summed E-state index contributed by atoms with van der Waals surface area (Å²) in [4.78, 5) is 31.0. The highest BCUT2D eigenvalue weighted by atomic mass is 16.5. The molecule has 1 aliphatic rings. The Morgan fingerprint density at radius 3 is 2.34 bits per heavy atom. The SMILES string of the molecule is CCN(Cc1ccccc1)C(=O)CN1CCN(CC(=O)Nc2cc(C)on2)CC1. The van der Waals surface area contributed by atoms with Crippen LogP contribution in [-0.2, 0) is 16.1 Å². The Morgan fingerprint density at radius 1 is 1.10 bits per heavy atom. The van der Waals surface area contributed by atoms with Crippen LogP contribution in [0.25, 0.3) is 0 Å². The lowest BCUT2D eigenvalue weighted by atomic mass is 10.2. The highest BCUT2D eigenvalue weighted by molar-refractivity contribution is 5.91. The lowest BCUT2D eigenvalue weighted by Crippen LogP contribution is -2.51. The van der Waals surface area contributed by atoms with Crippen molar-refractivity contribution in [2.45, 2.75) is 20.4 Å². The Bertz CT molecular complexity index is 800. The van der Waals surface area contributed by atoms with Crippen LogP contribution in [-0.4, -0.2) is 77.5 Å². The molecule has 1 N–H and O–H groups in total. The van der Waals surface area contributed by atoms with Crippen molar-refractivity contribution in [3.05, 3.63) is 47.7 Å². The summed E-state index contributed by atoms with van der Waals surface area (Å²) in [5.41, 5.74) is 1.14. The molecule has 1 saturated heterocycles. The van der Waals surface area contributed by atoms with Crippen LogP contribution in [0.15, 0.2) is 40.9 Å². The summed E-state index contributed by atoms with van der Waals surface area (Å²) in [6.45, 7) is 8.88. The molecule has 2 amide bonds. The van der Waals surface area contributed by atoms with E-state index in [1.54, 1.807) is 13.0 Å². The first-order valence-electron chi connectivity index (χ1n) is 10.0. The molecule has 0 aliphatic carbocycles. The average Bonchev–Trinajstić information content (AvgIpc) is 3.12. The third-order valence-electron chi connectivity index (χ3n) is 5.04. The molecule has 0 radical (unpaired) electrons. The predicted octanol–water partition coefficient (Wildman–Crippen LogP) is 1.59. The molecule has 3 rings (SSSR count). The highest BCUT2D eigenvalue weighted by Gasteiger charge is 2.22. The van der Waals surface area contributed by atoms with Gasteiger partial charge in [0.1, 0.15) is 5.76 Å². The van der Waals surface area contributed by atoms with Gasteiger partial charge in [0.15, 0.2) is 5.82 Å². The molecular formula is C21H29N5O3. The van der Waals surface area contributed by atoms with E-state index >= 15 is 0 Å². The van der Waals surface area contributed by atoms with Crippen molar-refractivity contribution in [1.82, 2.24) is 19.9 Å². The molecule has 156 valence electrons. The summed E-state index contributed by atoms with van der Waals surface area (Å²) in [5.74, 6) is 1.13. The maximum absolute atomic E-state index is 12.7. The molecule has 0 bridgehead atoms. The van der Waals surface area contributed by atoms with Gasteiger partial charge in [0.25, 0.3) is 0 Å². The van der Waals surface area contributed by atoms with Crippen molar-refractivity contribution < 1.29 is 14.1 Å². The lowest BCUT2D eigenvalue weighted by molar-refractivity contribution is -0.133. The van der Waals surface area contributed by atoms with Crippen LogP contribution in [0.2, 0.25) is 0 Å². The van der Waals surface area contributed by atoms with Crippen LogP contribution >= 0.6 is 0 Å². The number of amides is 2. The van der Waals surface area contributed by atoms with Crippen molar-refractivity contribution in [2.24, 2.45) is 0 Å². The zero-order valence-corrected chi connectivity index (χ0v) is 17.1. The Kier molecular flexibility index (Phi) is 7.37. The number of benzene rings is 1. The summed E-state index contributed by atoms with van der Waals surface area (Å²) >= 11 is 0. The number of carbonyl (C=O) groups is 2. The minimum atomic E-state index is -0.108. The Labute approximate surface area is 171 Å². The topological polar surface area (TPSA) is 81.9 Å². The molecule has 0 spiro atoms. The molecule has 0 atom stereocenters. The van der Waals surface area contributed by atoms with Gasteiger partial charge in [-0.1, -0.05) is 35.5 Å². The van der Waals surface area contributed by atoms with E-state index < -0.39 is 0 Å². The van der Waals surface area contributed by atoms with E-state index in [4.69, 9.17) is 4.52 Å². The minimum absolute atomic E-state index is 0.108. The molecule has 8 nitrogen and oxygen atoms in total. The second-order valence-electron chi connectivity index (χ2n) is 7.32. The van der Waals surface area contributed by atoms with Gasteiger partial charge in [0, 0.05) is 45.3 Å². The van der Waals surface area contributed by atoms with Gasteiger partial charge in [-0.25, -0.2) is 0 Å². The number of aryl methyl sites for hydroxylation is 1. The van der Waals surface area contributed by atoms with Gasteiger partial charge in [-0.15, -0.1) is 0 Å². The Hall–Kier alpha value is -2.71. The quantitative estimate of drug-likeness (QED) is 0.726. The number of hydrogen-bond acceptors (Lipinski definition) is 6. The zero-order valence-electron chi connectivity index (χ0n) is 17.1. The van der Waals surface area contributed by atoms with Crippen molar-refractivity contribution >= 4 is 17.6 Å². The van der Waals surface area contributed by atoms with E-state index in [0.717, 1.165) is 31.7 Å². The molecule has 1 fully saturated rings. The normalized spacial score (nSPS) is 15.2. The van der Waals surface area contributed by atoms with Gasteiger partial charge < -0.3 is 14.7 Å². The molecule has 2 heterocycles. The number of likely N-dealkylation sites (N-methyl/N-ethyl adjacent to an activating group) is 1. The van der Waals surface area contributed by atoms with Gasteiger partial charge in [-0.2, -0.15) is 0 Å².